The Morgan fingerprint density at radius 2 is 0.817 bits per heavy atom. The van der Waals surface area contributed by atoms with Crippen LogP contribution in [0.25, 0.3) is 0 Å². The predicted molar refractivity (Wildman–Crippen MR) is 330 cm³/mol. The van der Waals surface area contributed by atoms with Crippen LogP contribution in [0.3, 0.4) is 0 Å². The first-order valence-corrected chi connectivity index (χ1v) is 35.1. The van der Waals surface area contributed by atoms with Crippen LogP contribution in [0.15, 0.2) is 175 Å². The summed E-state index contributed by atoms with van der Waals surface area (Å²) in [6, 6.07) is 33.8. The van der Waals surface area contributed by atoms with Crippen molar-refractivity contribution in [2.75, 3.05) is 18.4 Å². The third-order valence-corrected chi connectivity index (χ3v) is 28.5. The Labute approximate surface area is 447 Å². The number of nitrogens with zero attached hydrogens (tertiary/aromatic N) is 1. The van der Waals surface area contributed by atoms with Crippen LogP contribution in [0.2, 0.25) is 72.5 Å². The van der Waals surface area contributed by atoms with Crippen LogP contribution in [0.4, 0.5) is 4.79 Å². The maximum absolute atomic E-state index is 12.0. The van der Waals surface area contributed by atoms with Gasteiger partial charge >= 0.3 is 6.03 Å². The van der Waals surface area contributed by atoms with E-state index in [1.807, 2.05) is 60.7 Å². The molecule has 2 amide bonds. The van der Waals surface area contributed by atoms with Gasteiger partial charge < -0.3 is 16.4 Å². The van der Waals surface area contributed by atoms with Gasteiger partial charge in [0.05, 0.1) is 30.8 Å². The maximum Gasteiger partial charge on any atom is 0.315 e. The molecule has 0 radical (unpaired) electrons. The Morgan fingerprint density at radius 3 is 1.10 bits per heavy atom. The van der Waals surface area contributed by atoms with Crippen molar-refractivity contribution >= 4 is 52.3 Å². The number of nitrogens with two attached hydrogens (primary N) is 1. The minimum absolute atomic E-state index is 0.106. The molecule has 0 unspecified atom stereocenters. The normalized spacial score (nSPS) is 10.7. The molecule has 0 heterocycles. The van der Waals surface area contributed by atoms with Gasteiger partial charge in [0.1, 0.15) is 0 Å². The van der Waals surface area contributed by atoms with Crippen LogP contribution < -0.4 is 16.4 Å². The zero-order valence-electron chi connectivity index (χ0n) is 46.5. The number of urea groups is 1. The van der Waals surface area contributed by atoms with Crippen LogP contribution in [-0.2, 0) is 17.9 Å². The minimum atomic E-state index is -1.60. The maximum atomic E-state index is 12.0. The van der Waals surface area contributed by atoms with E-state index in [1.54, 1.807) is 6.08 Å². The van der Waals surface area contributed by atoms with Crippen LogP contribution in [0, 0.1) is 0 Å². The van der Waals surface area contributed by atoms with Crippen LogP contribution in [0.1, 0.15) is 92.7 Å². The number of aliphatic imine (C=N–C) groups is 1. The Hall–Kier alpha value is -4.16. The van der Waals surface area contributed by atoms with Crippen LogP contribution in [-0.4, -0.2) is 54.8 Å². The van der Waals surface area contributed by atoms with Crippen molar-refractivity contribution in [1.29, 1.82) is 0 Å². The summed E-state index contributed by atoms with van der Waals surface area (Å²) < 4.78 is 0. The number of rotatable bonds is 32. The van der Waals surface area contributed by atoms with Gasteiger partial charge in [-0.2, -0.15) is 0 Å². The number of allylic oxidation sites excluding steroid dienone is 9. The summed E-state index contributed by atoms with van der Waals surface area (Å²) >= 11 is 3.56. The summed E-state index contributed by atoms with van der Waals surface area (Å²) in [6.45, 7) is 58.7. The van der Waals surface area contributed by atoms with Gasteiger partial charge in [0, 0.05) is 25.0 Å². The predicted octanol–water partition coefficient (Wildman–Crippen LogP) is 18.0. The largest absolute Gasteiger partial charge is 0.338 e. The number of nitrogens with one attached hydrogen (secondary N) is 2. The van der Waals surface area contributed by atoms with E-state index < -0.39 is 24.2 Å². The molecular weight excluding hydrogens is 985 g/mol. The van der Waals surface area contributed by atoms with Crippen molar-refractivity contribution in [3.8, 4) is 0 Å². The molecule has 2 rings (SSSR count). The fourth-order valence-corrected chi connectivity index (χ4v) is 28.1. The number of hydrogen-bond donors (Lipinski definition) is 3. The fourth-order valence-electron chi connectivity index (χ4n) is 10.3. The van der Waals surface area contributed by atoms with Gasteiger partial charge in [-0.1, -0.05) is 145 Å². The molecule has 0 aromatic heterocycles. The first-order valence-electron chi connectivity index (χ1n) is 25.5. The lowest BCUT2D eigenvalue weighted by Crippen LogP contribution is -2.38. The molecule has 71 heavy (non-hydrogen) atoms. The van der Waals surface area contributed by atoms with E-state index in [2.05, 4.69) is 153 Å². The van der Waals surface area contributed by atoms with Crippen molar-refractivity contribution in [1.82, 2.24) is 10.6 Å². The van der Waals surface area contributed by atoms with E-state index in [-0.39, 0.29) is 6.03 Å². The minimum Gasteiger partial charge on any atom is -0.338 e. The van der Waals surface area contributed by atoms with Crippen molar-refractivity contribution in [3.63, 3.8) is 0 Å². The van der Waals surface area contributed by atoms with E-state index in [1.165, 1.54) is 86.3 Å². The van der Waals surface area contributed by atoms with Gasteiger partial charge in [-0.25, -0.2) is 14.6 Å². The summed E-state index contributed by atoms with van der Waals surface area (Å²) in [6.07, 6.45) is 4.82. The van der Waals surface area contributed by atoms with E-state index in [4.69, 9.17) is 5.73 Å². The molecule has 10 heteroatoms. The second-order valence-corrected chi connectivity index (χ2v) is 35.9. The molecule has 0 bridgehead atoms. The van der Waals surface area contributed by atoms with Crippen LogP contribution in [0.5, 0.6) is 0 Å². The lowest BCUT2D eigenvalue weighted by Gasteiger charge is -2.33. The average Bonchev–Trinajstić information content (AvgIpc) is 3.24. The number of benzene rings is 2. The second-order valence-electron chi connectivity index (χ2n) is 21.5. The lowest BCUT2D eigenvalue weighted by molar-refractivity contribution is 0.240. The Bertz CT molecular complexity index is 1920. The first-order chi connectivity index (χ1) is 33.3. The summed E-state index contributed by atoms with van der Waals surface area (Å²) in [5.74, 6) is 0. The number of carbonyl (C=O) groups excluding carboxylic acids is 2. The van der Waals surface area contributed by atoms with Gasteiger partial charge in [-0.3, -0.25) is 0 Å². The zero-order chi connectivity index (χ0) is 54.5. The van der Waals surface area contributed by atoms with E-state index in [9.17, 15) is 9.59 Å². The Kier molecular flexibility index (Phi) is 38.2. The quantitative estimate of drug-likeness (QED) is 0.0170. The molecule has 0 aliphatic rings. The third-order valence-electron chi connectivity index (χ3n) is 11.5. The Morgan fingerprint density at radius 1 is 0.507 bits per heavy atom. The highest BCUT2D eigenvalue weighted by Gasteiger charge is 2.34. The van der Waals surface area contributed by atoms with Crippen molar-refractivity contribution in [2.45, 2.75) is 167 Å². The highest BCUT2D eigenvalue weighted by molar-refractivity contribution is 9.09. The zero-order valence-corrected chi connectivity index (χ0v) is 51.1. The van der Waals surface area contributed by atoms with Crippen LogP contribution >= 0.6 is 15.9 Å². The number of halogens is 1. The molecule has 0 spiro atoms. The van der Waals surface area contributed by atoms with Gasteiger partial charge in [0.2, 0.25) is 6.08 Å². The first kappa shape index (κ1) is 68.9. The molecule has 0 fully saturated rings. The summed E-state index contributed by atoms with van der Waals surface area (Å²) in [4.78, 5) is 25.8. The Balaban J connectivity index is 0. The molecule has 2 aromatic carbocycles. The summed E-state index contributed by atoms with van der Waals surface area (Å²) in [5, 5.41) is 7.00. The molecular formula is C61H99BrN4O2Si3. The lowest BCUT2D eigenvalue weighted by atomic mass is 10.2. The summed E-state index contributed by atoms with van der Waals surface area (Å²) in [7, 11) is -4.46. The van der Waals surface area contributed by atoms with Gasteiger partial charge in [0.15, 0.2) is 0 Å². The number of isocyanates is 1. The smallest absolute Gasteiger partial charge is 0.315 e. The molecule has 0 saturated carbocycles. The monoisotopic (exact) mass is 1080 g/mol. The molecule has 0 aliphatic heterocycles. The van der Waals surface area contributed by atoms with Crippen molar-refractivity contribution in [3.05, 3.63) is 181 Å². The van der Waals surface area contributed by atoms with E-state index in [0.717, 1.165) is 72.1 Å². The van der Waals surface area contributed by atoms with Gasteiger partial charge in [-0.05, 0) is 147 Å². The number of amides is 2. The van der Waals surface area contributed by atoms with Crippen molar-refractivity contribution in [2.24, 2.45) is 10.7 Å². The molecule has 0 aliphatic carbocycles. The van der Waals surface area contributed by atoms with Crippen molar-refractivity contribution < 1.29 is 9.59 Å². The van der Waals surface area contributed by atoms with E-state index in [0.29, 0.717) is 26.2 Å². The van der Waals surface area contributed by atoms with Gasteiger partial charge in [-0.15, -0.1) is 59.2 Å². The molecule has 0 saturated heterocycles. The SMILES string of the molecule is C=C(C)C[Si](CCCBr)(CC(=C)C)CC(=C)C.C=C(C)C[Si](CCCN=C=O)(CC(=C)C)CC(=C)C.C=C(C)C[Si](CCCNC(=O)NCc1ccccc1)(CC(=C)C)CC(=C)C.NCc1ccccc1. The highest BCUT2D eigenvalue weighted by Crippen LogP contribution is 2.37. The fraction of sp³-hybridized carbons (Fsp3) is 0.475. The number of carbonyl (C=O) groups is 1. The van der Waals surface area contributed by atoms with E-state index >= 15 is 0 Å². The molecule has 394 valence electrons. The molecule has 4 N–H and O–H groups in total. The molecule has 0 atom stereocenters. The molecule has 2 aromatic rings. The average molecular weight is 1080 g/mol. The molecule has 6 nitrogen and oxygen atoms in total. The summed E-state index contributed by atoms with van der Waals surface area (Å²) in [5.41, 5.74) is 19.1. The highest BCUT2D eigenvalue weighted by atomic mass is 79.9. The number of hydrogen-bond acceptors (Lipinski definition) is 4. The second kappa shape index (κ2) is 39.4. The third kappa shape index (κ3) is 38.2. The topological polar surface area (TPSA) is 96.6 Å². The standard InChI is InChI=1S/C23H36N2OSi.C16H27NOSi.C15H27BrSi.C7H9N/c1-19(2)16-27(17-20(3)4,18-21(5)6)14-10-13-24-23(26)25-15-22-11-8-7-9-12-22;1-14(2)10-19(11-15(3)4,12-16(5)6)9-7-8-17-13-18;1-13(2)10-17(9-7-8-16,11-14(3)4)12-15(5)6;8-6-7-4-2-1-3-5-7/h7-9,11-12H,1,3,5,10,13-18H2,2,4,6H3,(H2,24,25,26);1,3,5,7-12H2,2,4,6H3;1,3,5,7-12H2,2,4,6H3;1-5H,6,8H2. The number of alkyl halides is 1. The van der Waals surface area contributed by atoms with Gasteiger partial charge in [0.25, 0.3) is 0 Å².